The molecule has 0 amide bonds. The summed E-state index contributed by atoms with van der Waals surface area (Å²) in [6, 6.07) is 25.3. The van der Waals surface area contributed by atoms with E-state index in [0.717, 1.165) is 16.7 Å². The molecule has 2 aromatic heterocycles. The highest BCUT2D eigenvalue weighted by molar-refractivity contribution is 6.58. The van der Waals surface area contributed by atoms with Crippen LogP contribution in [0.15, 0.2) is 85.2 Å². The molecular weight excluding hydrogens is 658 g/mol. The normalized spacial score (nSPS) is 21.2. The Morgan fingerprint density at radius 2 is 1.46 bits per heavy atom. The first-order chi connectivity index (χ1) is 23.8. The summed E-state index contributed by atoms with van der Waals surface area (Å²) in [6.07, 6.45) is -2.42. The quantitative estimate of drug-likeness (QED) is 0.108. The van der Waals surface area contributed by atoms with Gasteiger partial charge in [0.1, 0.15) is 35.4 Å². The fourth-order valence-electron chi connectivity index (χ4n) is 6.85. The number of anilines is 1. The number of ether oxygens (including phenoxy) is 5. The van der Waals surface area contributed by atoms with E-state index in [2.05, 4.69) is 28.0 Å². The average molecular weight is 702 g/mol. The molecule has 0 bridgehead atoms. The maximum absolute atomic E-state index is 14.6. The molecule has 0 aliphatic carbocycles. The zero-order valence-corrected chi connectivity index (χ0v) is 30.5. The van der Waals surface area contributed by atoms with Crippen LogP contribution in [0.5, 0.6) is 11.5 Å². The van der Waals surface area contributed by atoms with Gasteiger partial charge in [-0.3, -0.25) is 4.57 Å². The van der Waals surface area contributed by atoms with Crippen molar-refractivity contribution in [2.45, 2.75) is 68.7 Å². The van der Waals surface area contributed by atoms with Gasteiger partial charge in [0, 0.05) is 0 Å². The highest BCUT2D eigenvalue weighted by atomic mass is 28.3. The number of aliphatic hydroxyl groups excluding tert-OH is 1. The first-order valence-corrected chi connectivity index (χ1v) is 19.4. The highest BCUT2D eigenvalue weighted by Crippen LogP contribution is 2.46. The molecule has 0 unspecified atom stereocenters. The van der Waals surface area contributed by atoms with Crippen LogP contribution in [0.25, 0.3) is 11.2 Å². The Balaban J connectivity index is 1.49. The maximum Gasteiger partial charge on any atom is 0.312 e. The lowest BCUT2D eigenvalue weighted by Gasteiger charge is -2.41. The van der Waals surface area contributed by atoms with Gasteiger partial charge in [-0.05, 0) is 61.7 Å². The third-order valence-electron chi connectivity index (χ3n) is 9.16. The van der Waals surface area contributed by atoms with Crippen LogP contribution in [0.1, 0.15) is 37.5 Å². The van der Waals surface area contributed by atoms with Crippen molar-refractivity contribution < 1.29 is 33.2 Å². The Hall–Kier alpha value is -4.40. The molecule has 1 aliphatic rings. The summed E-state index contributed by atoms with van der Waals surface area (Å²) in [5.41, 5.74) is 7.13. The van der Waals surface area contributed by atoms with E-state index in [1.165, 1.54) is 6.33 Å². The van der Waals surface area contributed by atoms with E-state index in [9.17, 15) is 9.50 Å². The van der Waals surface area contributed by atoms with E-state index >= 15 is 0 Å². The molecule has 1 aliphatic heterocycles. The van der Waals surface area contributed by atoms with Crippen molar-refractivity contribution in [1.82, 2.24) is 19.5 Å². The van der Waals surface area contributed by atoms with E-state index in [-0.39, 0.29) is 23.6 Å². The molecule has 3 N–H and O–H groups in total. The largest absolute Gasteiger partial charge is 0.497 e. The van der Waals surface area contributed by atoms with Crippen molar-refractivity contribution in [1.29, 1.82) is 0 Å². The van der Waals surface area contributed by atoms with Crippen molar-refractivity contribution in [3.05, 3.63) is 108 Å². The summed E-state index contributed by atoms with van der Waals surface area (Å²) >= 11 is 0. The number of nitrogen functional groups attached to an aromatic ring is 1. The smallest absolute Gasteiger partial charge is 0.312 e. The number of nitrogens with two attached hydrogens (primary N) is 1. The Kier molecular flexibility index (Phi) is 9.72. The predicted octanol–water partition coefficient (Wildman–Crippen LogP) is 5.20. The lowest BCUT2D eigenvalue weighted by Crippen LogP contribution is -2.57. The summed E-state index contributed by atoms with van der Waals surface area (Å²) in [5, 5.41) is 11.0. The second-order valence-electron chi connectivity index (χ2n) is 13.7. The molecule has 13 heteroatoms. The summed E-state index contributed by atoms with van der Waals surface area (Å²) < 4.78 is 48.1. The van der Waals surface area contributed by atoms with Crippen molar-refractivity contribution >= 4 is 25.8 Å². The van der Waals surface area contributed by atoms with E-state index in [0.29, 0.717) is 11.5 Å². The van der Waals surface area contributed by atoms with Gasteiger partial charge in [-0.2, -0.15) is 14.4 Å². The highest BCUT2D eigenvalue weighted by Gasteiger charge is 2.60. The number of nitrogens with zero attached hydrogens (tertiary/aromatic N) is 4. The summed E-state index contributed by atoms with van der Waals surface area (Å²) in [7, 11) is 1.17. The van der Waals surface area contributed by atoms with Crippen molar-refractivity contribution in [2.24, 2.45) is 0 Å². The van der Waals surface area contributed by atoms with E-state index in [4.69, 9.17) is 29.4 Å². The third-order valence-corrected chi connectivity index (χ3v) is 11.6. The Labute approximate surface area is 292 Å². The molecule has 3 heterocycles. The standard InChI is InChI=1S/C37H44FN5O6Si/c1-35(2,3)49-31-30(44)28(48-37(31,50(6)7)43-22-40-29-32(39)41-34(38)42-33(29)43)21-47-36(23-11-9-8-10-12-23,24-13-17-26(45-4)18-14-24)25-15-19-27(46-5)20-16-25/h8-20,22,28,30-31,44,50H,21H2,1-7H3,(H2,39,41,42)/t28-,30-,31-,37+/m1/s1. The molecule has 0 saturated carbocycles. The second-order valence-corrected chi connectivity index (χ2v) is 16.8. The summed E-state index contributed by atoms with van der Waals surface area (Å²) in [6.45, 7) is 9.83. The number of methoxy groups -OCH3 is 2. The number of hydrogen-bond acceptors (Lipinski definition) is 10. The zero-order valence-electron chi connectivity index (χ0n) is 29.3. The Morgan fingerprint density at radius 3 is 1.98 bits per heavy atom. The summed E-state index contributed by atoms with van der Waals surface area (Å²) in [5.74, 6) is 1.30. The number of imidazole rings is 1. The van der Waals surface area contributed by atoms with Gasteiger partial charge in [0.05, 0.1) is 41.6 Å². The predicted molar refractivity (Wildman–Crippen MR) is 190 cm³/mol. The molecule has 1 fully saturated rings. The van der Waals surface area contributed by atoms with Gasteiger partial charge >= 0.3 is 6.08 Å². The molecule has 50 heavy (non-hydrogen) atoms. The minimum atomic E-state index is -2.07. The molecule has 11 nitrogen and oxygen atoms in total. The van der Waals surface area contributed by atoms with Gasteiger partial charge < -0.3 is 34.5 Å². The number of fused-ring (bicyclic) bond motifs is 1. The fraction of sp³-hybridized carbons (Fsp3) is 0.378. The minimum Gasteiger partial charge on any atom is -0.497 e. The molecule has 1 saturated heterocycles. The minimum absolute atomic E-state index is 0.0564. The van der Waals surface area contributed by atoms with Crippen LogP contribution in [0, 0.1) is 6.08 Å². The first-order valence-electron chi connectivity index (χ1n) is 16.5. The molecule has 4 atom stereocenters. The topological polar surface area (TPSA) is 136 Å². The van der Waals surface area contributed by atoms with Crippen molar-refractivity contribution in [2.75, 3.05) is 26.6 Å². The van der Waals surface area contributed by atoms with Crippen LogP contribution in [-0.2, 0) is 25.2 Å². The number of rotatable bonds is 11. The van der Waals surface area contributed by atoms with Crippen molar-refractivity contribution in [3.63, 3.8) is 0 Å². The number of aromatic nitrogens is 4. The third kappa shape index (κ3) is 6.24. The molecule has 3 aromatic carbocycles. The maximum atomic E-state index is 14.6. The van der Waals surface area contributed by atoms with Crippen LogP contribution in [0.3, 0.4) is 0 Å². The van der Waals surface area contributed by atoms with Crippen LogP contribution in [0.2, 0.25) is 13.1 Å². The number of benzene rings is 3. The van der Waals surface area contributed by atoms with Crippen molar-refractivity contribution in [3.8, 4) is 11.5 Å². The zero-order chi connectivity index (χ0) is 35.8. The SMILES string of the molecule is COc1ccc(C(OC[C@H]2O[C@](n3cnc4c(N)nc(F)nc43)([SiH](C)C)[C@H](OC(C)(C)C)[C@@H]2O)(c2ccccc2)c2ccc(OC)cc2)cc1. The van der Waals surface area contributed by atoms with Gasteiger partial charge in [0.25, 0.3) is 0 Å². The lowest BCUT2D eigenvalue weighted by atomic mass is 9.80. The molecule has 5 aromatic rings. The molecular formula is C37H44FN5O6Si. The van der Waals surface area contributed by atoms with E-state index in [1.54, 1.807) is 18.8 Å². The number of hydrogen-bond donors (Lipinski definition) is 2. The second kappa shape index (κ2) is 13.7. The monoisotopic (exact) mass is 701 g/mol. The van der Waals surface area contributed by atoms with Gasteiger partial charge in [-0.25, -0.2) is 4.98 Å². The van der Waals surface area contributed by atoms with Gasteiger partial charge in [0.15, 0.2) is 22.3 Å². The fourth-order valence-corrected chi connectivity index (χ4v) is 8.97. The molecule has 264 valence electrons. The van der Waals surface area contributed by atoms with Crippen LogP contribution < -0.4 is 15.2 Å². The molecule has 6 rings (SSSR count). The van der Waals surface area contributed by atoms with Gasteiger partial charge in [-0.15, -0.1) is 0 Å². The molecule has 0 radical (unpaired) electrons. The molecule has 0 spiro atoms. The first kappa shape index (κ1) is 35.4. The lowest BCUT2D eigenvalue weighted by molar-refractivity contribution is -0.154. The number of aliphatic hydroxyl groups is 1. The van der Waals surface area contributed by atoms with Crippen LogP contribution in [-0.4, -0.2) is 78.2 Å². The Morgan fingerprint density at radius 1 is 0.900 bits per heavy atom. The van der Waals surface area contributed by atoms with Crippen LogP contribution >= 0.6 is 0 Å². The van der Waals surface area contributed by atoms with Crippen LogP contribution in [0.4, 0.5) is 10.2 Å². The van der Waals surface area contributed by atoms with E-state index < -0.39 is 49.7 Å². The number of halogens is 1. The van der Waals surface area contributed by atoms with Gasteiger partial charge in [0.2, 0.25) is 0 Å². The van der Waals surface area contributed by atoms with E-state index in [1.807, 2.05) is 99.6 Å². The average Bonchev–Trinajstić information content (AvgIpc) is 3.64. The summed E-state index contributed by atoms with van der Waals surface area (Å²) in [4.78, 5) is 12.2. The Bertz CT molecular complexity index is 1870. The van der Waals surface area contributed by atoms with Gasteiger partial charge in [-0.1, -0.05) is 67.7 Å².